The van der Waals surface area contributed by atoms with Crippen molar-refractivity contribution in [3.63, 3.8) is 0 Å². The highest BCUT2D eigenvalue weighted by atomic mass is 16.6. The van der Waals surface area contributed by atoms with Crippen LogP contribution in [-0.4, -0.2) is 11.9 Å². The number of hydrogen-bond donors (Lipinski definition) is 2. The van der Waals surface area contributed by atoms with Crippen LogP contribution in [0.3, 0.4) is 0 Å². The number of aryl methyl sites for hydroxylation is 1. The Hall–Kier alpha value is -1.81. The highest BCUT2D eigenvalue weighted by molar-refractivity contribution is 5.94. The first-order valence-corrected chi connectivity index (χ1v) is 6.75. The van der Waals surface area contributed by atoms with E-state index < -0.39 is 0 Å². The zero-order valence-corrected chi connectivity index (χ0v) is 11.0. The van der Waals surface area contributed by atoms with E-state index in [0.717, 1.165) is 19.3 Å². The molecule has 0 saturated heterocycles. The first-order chi connectivity index (χ1) is 9.25. The van der Waals surface area contributed by atoms with E-state index in [1.807, 2.05) is 13.0 Å². The summed E-state index contributed by atoms with van der Waals surface area (Å²) >= 11 is 0. The third-order valence-electron chi connectivity index (χ3n) is 3.83. The summed E-state index contributed by atoms with van der Waals surface area (Å²) < 4.78 is 0. The van der Waals surface area contributed by atoms with Crippen LogP contribution in [0.2, 0.25) is 0 Å². The molecule has 2 N–H and O–H groups in total. The van der Waals surface area contributed by atoms with Crippen molar-refractivity contribution in [2.24, 2.45) is 0 Å². The second-order valence-corrected chi connectivity index (χ2v) is 5.15. The Balaban J connectivity index is 1.76. The summed E-state index contributed by atoms with van der Waals surface area (Å²) in [5, 5.41) is 3.12. The average molecular weight is 258 g/mol. The minimum absolute atomic E-state index is 0.0424. The van der Waals surface area contributed by atoms with Crippen LogP contribution in [-0.2, 0) is 16.1 Å². The van der Waals surface area contributed by atoms with Crippen molar-refractivity contribution in [1.82, 2.24) is 10.8 Å². The van der Waals surface area contributed by atoms with Crippen molar-refractivity contribution in [2.45, 2.75) is 38.3 Å². The molecule has 2 atom stereocenters. The molecule has 1 aromatic carbocycles. The molecule has 1 aromatic rings. The molecule has 100 valence electrons. The van der Waals surface area contributed by atoms with E-state index in [1.54, 1.807) is 0 Å². The van der Waals surface area contributed by atoms with Crippen molar-refractivity contribution in [3.05, 3.63) is 47.2 Å². The molecule has 0 aromatic heterocycles. The summed E-state index contributed by atoms with van der Waals surface area (Å²) in [6.07, 6.45) is 4.71. The van der Waals surface area contributed by atoms with Gasteiger partial charge in [0.2, 0.25) is 0 Å². The van der Waals surface area contributed by atoms with Crippen molar-refractivity contribution in [1.29, 1.82) is 0 Å². The average Bonchev–Trinajstić information content (AvgIpc) is 2.85. The molecule has 4 nitrogen and oxygen atoms in total. The zero-order chi connectivity index (χ0) is 13.2. The maximum absolute atomic E-state index is 12.2. The molecule has 1 unspecified atom stereocenters. The number of benzene rings is 1. The second-order valence-electron chi connectivity index (χ2n) is 5.15. The van der Waals surface area contributed by atoms with E-state index >= 15 is 0 Å². The molecular formula is C15H18N2O2. The van der Waals surface area contributed by atoms with Crippen molar-refractivity contribution >= 4 is 5.91 Å². The van der Waals surface area contributed by atoms with Gasteiger partial charge in [0.1, 0.15) is 6.26 Å². The Morgan fingerprint density at radius 3 is 3.05 bits per heavy atom. The fraction of sp³-hybridized carbons (Fsp3) is 0.400. The van der Waals surface area contributed by atoms with Crippen LogP contribution >= 0.6 is 0 Å². The molecular weight excluding hydrogens is 240 g/mol. The zero-order valence-electron chi connectivity index (χ0n) is 11.0. The lowest BCUT2D eigenvalue weighted by molar-refractivity contribution is -0.118. The number of hydrogen-bond acceptors (Lipinski definition) is 3. The maximum atomic E-state index is 12.2. The Bertz CT molecular complexity index is 525. The summed E-state index contributed by atoms with van der Waals surface area (Å²) in [5.41, 5.74) is 6.01. The lowest BCUT2D eigenvalue weighted by Gasteiger charge is -2.26. The van der Waals surface area contributed by atoms with Gasteiger partial charge < -0.3 is 10.2 Å². The van der Waals surface area contributed by atoms with E-state index in [2.05, 4.69) is 29.0 Å². The molecule has 1 heterocycles. The third kappa shape index (κ3) is 2.36. The van der Waals surface area contributed by atoms with Crippen molar-refractivity contribution in [2.75, 3.05) is 0 Å². The summed E-state index contributed by atoms with van der Waals surface area (Å²) in [7, 11) is 0. The number of amides is 1. The quantitative estimate of drug-likeness (QED) is 0.853. The molecule has 0 radical (unpaired) electrons. The first-order valence-electron chi connectivity index (χ1n) is 6.75. The molecule has 3 rings (SSSR count). The molecule has 0 fully saturated rings. The normalized spacial score (nSPS) is 25.2. The fourth-order valence-electron chi connectivity index (χ4n) is 2.76. The smallest absolute Gasteiger partial charge is 0.252 e. The standard InChI is InChI=1S/C15H18N2O2/c1-10-13(9-19-17-10)15(18)16-14-8-4-6-11-5-2-3-7-12(11)14/h2-3,5,7,9-10,14,17H,4,6,8H2,1H3,(H,16,18)/t10?,14-/m1/s1. The monoisotopic (exact) mass is 258 g/mol. The van der Waals surface area contributed by atoms with E-state index in [4.69, 9.17) is 4.84 Å². The van der Waals surface area contributed by atoms with Crippen LogP contribution in [0.1, 0.15) is 36.9 Å². The Labute approximate surface area is 112 Å². The van der Waals surface area contributed by atoms with Gasteiger partial charge >= 0.3 is 0 Å². The molecule has 0 bridgehead atoms. The Morgan fingerprint density at radius 2 is 2.26 bits per heavy atom. The number of rotatable bonds is 2. The number of nitrogens with one attached hydrogen (secondary N) is 2. The van der Waals surface area contributed by atoms with Gasteiger partial charge in [-0.25, -0.2) is 0 Å². The van der Waals surface area contributed by atoms with Crippen LogP contribution < -0.4 is 10.8 Å². The summed E-state index contributed by atoms with van der Waals surface area (Å²) in [6, 6.07) is 8.41. The Morgan fingerprint density at radius 1 is 1.42 bits per heavy atom. The molecule has 19 heavy (non-hydrogen) atoms. The topological polar surface area (TPSA) is 50.4 Å². The number of carbonyl (C=O) groups excluding carboxylic acids is 1. The van der Waals surface area contributed by atoms with Crippen LogP contribution in [0.25, 0.3) is 0 Å². The number of fused-ring (bicyclic) bond motifs is 1. The predicted octanol–water partition coefficient (Wildman–Crippen LogP) is 1.99. The largest absolute Gasteiger partial charge is 0.415 e. The SMILES string of the molecule is CC1NOC=C1C(=O)N[C@@H]1CCCc2ccccc21. The number of carbonyl (C=O) groups is 1. The van der Waals surface area contributed by atoms with E-state index in [0.29, 0.717) is 5.57 Å². The van der Waals surface area contributed by atoms with E-state index in [9.17, 15) is 4.79 Å². The summed E-state index contributed by atoms with van der Waals surface area (Å²) in [4.78, 5) is 17.2. The van der Waals surface area contributed by atoms with Gasteiger partial charge in [-0.05, 0) is 37.3 Å². The second kappa shape index (κ2) is 5.05. The van der Waals surface area contributed by atoms with Gasteiger partial charge in [-0.15, -0.1) is 5.48 Å². The van der Waals surface area contributed by atoms with E-state index in [1.165, 1.54) is 17.4 Å². The highest BCUT2D eigenvalue weighted by Gasteiger charge is 2.27. The molecule has 1 amide bonds. The Kier molecular flexibility index (Phi) is 3.25. The van der Waals surface area contributed by atoms with Crippen LogP contribution in [0, 0.1) is 0 Å². The van der Waals surface area contributed by atoms with Gasteiger partial charge in [0.15, 0.2) is 0 Å². The molecule has 2 aliphatic rings. The first kappa shape index (κ1) is 12.2. The van der Waals surface area contributed by atoms with Gasteiger partial charge in [0.25, 0.3) is 5.91 Å². The minimum Gasteiger partial charge on any atom is -0.415 e. The number of hydroxylamine groups is 1. The van der Waals surface area contributed by atoms with Crippen LogP contribution in [0.15, 0.2) is 36.1 Å². The summed E-state index contributed by atoms with van der Waals surface area (Å²) in [6.45, 7) is 1.91. The van der Waals surface area contributed by atoms with Gasteiger partial charge in [-0.3, -0.25) is 4.79 Å². The fourth-order valence-corrected chi connectivity index (χ4v) is 2.76. The molecule has 0 saturated carbocycles. The van der Waals surface area contributed by atoms with Crippen molar-refractivity contribution < 1.29 is 9.63 Å². The van der Waals surface area contributed by atoms with Gasteiger partial charge in [0, 0.05) is 0 Å². The van der Waals surface area contributed by atoms with Crippen molar-refractivity contribution in [3.8, 4) is 0 Å². The van der Waals surface area contributed by atoms with Crippen LogP contribution in [0.5, 0.6) is 0 Å². The van der Waals surface area contributed by atoms with Gasteiger partial charge in [0.05, 0.1) is 17.7 Å². The molecule has 1 aliphatic carbocycles. The van der Waals surface area contributed by atoms with Gasteiger partial charge in [-0.2, -0.15) is 0 Å². The lowest BCUT2D eigenvalue weighted by atomic mass is 9.87. The highest BCUT2D eigenvalue weighted by Crippen LogP contribution is 2.29. The minimum atomic E-state index is -0.0566. The lowest BCUT2D eigenvalue weighted by Crippen LogP contribution is -2.35. The molecule has 0 spiro atoms. The molecule has 4 heteroatoms. The molecule has 1 aliphatic heterocycles. The van der Waals surface area contributed by atoms with Gasteiger partial charge in [-0.1, -0.05) is 24.3 Å². The third-order valence-corrected chi connectivity index (χ3v) is 3.83. The van der Waals surface area contributed by atoms with Crippen LogP contribution in [0.4, 0.5) is 0 Å². The maximum Gasteiger partial charge on any atom is 0.252 e. The predicted molar refractivity (Wildman–Crippen MR) is 72.0 cm³/mol. The van der Waals surface area contributed by atoms with E-state index in [-0.39, 0.29) is 18.0 Å². The summed E-state index contributed by atoms with van der Waals surface area (Å²) in [5.74, 6) is -0.0424.